The number of hydrogen-bond donors (Lipinski definition) is 3. The van der Waals surface area contributed by atoms with E-state index >= 15 is 4.39 Å². The summed E-state index contributed by atoms with van der Waals surface area (Å²) in [5.41, 5.74) is 2.77. The molecule has 3 N–H and O–H groups in total. The molecular weight excluding hydrogens is 450 g/mol. The third-order valence-corrected chi connectivity index (χ3v) is 6.90. The zero-order valence-electron chi connectivity index (χ0n) is 17.7. The molecule has 6 rings (SSSR count). The Labute approximate surface area is 192 Å². The van der Waals surface area contributed by atoms with Crippen LogP contribution in [0.25, 0.3) is 27.5 Å². The summed E-state index contributed by atoms with van der Waals surface area (Å²) in [6, 6.07) is 5.40. The van der Waals surface area contributed by atoms with Gasteiger partial charge in [0.25, 0.3) is 0 Å². The van der Waals surface area contributed by atoms with Crippen LogP contribution in [0.4, 0.5) is 20.3 Å². The molecule has 3 atom stereocenters. The number of rotatable bonds is 6. The molecule has 2 aliphatic carbocycles. The Morgan fingerprint density at radius 1 is 1.36 bits per heavy atom. The van der Waals surface area contributed by atoms with E-state index in [4.69, 9.17) is 11.6 Å². The van der Waals surface area contributed by atoms with Crippen molar-refractivity contribution in [1.82, 2.24) is 19.8 Å². The second-order valence-electron chi connectivity index (χ2n) is 8.97. The van der Waals surface area contributed by atoms with E-state index in [0.29, 0.717) is 45.0 Å². The quantitative estimate of drug-likeness (QED) is 0.362. The Morgan fingerprint density at radius 2 is 2.15 bits per heavy atom. The van der Waals surface area contributed by atoms with Crippen molar-refractivity contribution >= 4 is 45.4 Å². The number of amides is 1. The molecule has 0 aliphatic heterocycles. The average molecular weight is 471 g/mol. The number of H-pyrrole nitrogens is 1. The van der Waals surface area contributed by atoms with Crippen LogP contribution in [-0.2, 0) is 4.79 Å². The molecule has 10 heteroatoms. The van der Waals surface area contributed by atoms with Crippen molar-refractivity contribution in [3.8, 4) is 11.1 Å². The highest BCUT2D eigenvalue weighted by Gasteiger charge is 2.43. The van der Waals surface area contributed by atoms with Gasteiger partial charge in [0, 0.05) is 29.3 Å². The molecule has 1 amide bonds. The molecule has 0 bridgehead atoms. The van der Waals surface area contributed by atoms with Crippen LogP contribution in [0.2, 0.25) is 5.02 Å². The van der Waals surface area contributed by atoms with E-state index in [2.05, 4.69) is 25.9 Å². The maximum absolute atomic E-state index is 15.4. The largest absolute Gasteiger partial charge is 0.378 e. The van der Waals surface area contributed by atoms with Crippen LogP contribution in [0, 0.1) is 17.7 Å². The Hall–Kier alpha value is -3.20. The maximum Gasteiger partial charge on any atom is 0.231 e. The van der Waals surface area contributed by atoms with E-state index < -0.39 is 17.9 Å². The van der Waals surface area contributed by atoms with Crippen molar-refractivity contribution < 1.29 is 13.6 Å². The summed E-state index contributed by atoms with van der Waals surface area (Å²) in [5, 5.41) is 18.0. The Morgan fingerprint density at radius 3 is 2.88 bits per heavy atom. The molecule has 3 heterocycles. The summed E-state index contributed by atoms with van der Waals surface area (Å²) in [6.45, 7) is 2.04. The molecule has 2 fully saturated rings. The average Bonchev–Trinajstić information content (AvgIpc) is 3.68. The number of halogens is 3. The normalized spacial score (nSPS) is 20.8. The van der Waals surface area contributed by atoms with Crippen LogP contribution in [0.1, 0.15) is 26.2 Å². The molecule has 1 aromatic carbocycles. The standard InChI is InChI=1S/C23H21ClF2N6O/c1-10(11-2-3-11)28-22-20(26)19(24)18(15-9-27-30-21(15)22)12-4-5-32-13(6-12)7-17(31-32)29-23(33)14-8-16(14)25/h4-7,9-11,14,16,28H,2-3,8H2,1H3,(H,27,30)(H,29,31,33)/t10?,14-,16+/m1/s1. The van der Waals surface area contributed by atoms with Gasteiger partial charge in [-0.05, 0) is 49.8 Å². The minimum atomic E-state index is -1.08. The van der Waals surface area contributed by atoms with E-state index in [9.17, 15) is 9.18 Å². The SMILES string of the molecule is CC(Nc1c(F)c(Cl)c(-c2ccn3nc(NC(=O)[C@@H]4C[C@@H]4F)cc3c2)c2cn[nH]c12)C1CC1. The molecule has 170 valence electrons. The first kappa shape index (κ1) is 20.4. The fourth-order valence-electron chi connectivity index (χ4n) is 4.34. The third kappa shape index (κ3) is 3.51. The fraction of sp³-hybridized carbons (Fsp3) is 0.348. The van der Waals surface area contributed by atoms with Crippen molar-refractivity contribution in [3.63, 3.8) is 0 Å². The molecule has 0 saturated heterocycles. The van der Waals surface area contributed by atoms with Gasteiger partial charge in [-0.1, -0.05) is 11.6 Å². The lowest BCUT2D eigenvalue weighted by Gasteiger charge is -2.18. The summed E-state index contributed by atoms with van der Waals surface area (Å²) in [5.74, 6) is -0.635. The highest BCUT2D eigenvalue weighted by molar-refractivity contribution is 6.36. The lowest BCUT2D eigenvalue weighted by molar-refractivity contribution is -0.117. The molecular formula is C23H21ClF2N6O. The van der Waals surface area contributed by atoms with Crippen LogP contribution in [0.5, 0.6) is 0 Å². The minimum Gasteiger partial charge on any atom is -0.378 e. The zero-order chi connectivity index (χ0) is 22.9. The molecule has 0 spiro atoms. The number of alkyl halides is 1. The van der Waals surface area contributed by atoms with E-state index in [0.717, 1.165) is 12.8 Å². The van der Waals surface area contributed by atoms with Gasteiger partial charge in [0.05, 0.1) is 33.9 Å². The molecule has 1 unspecified atom stereocenters. The Balaban J connectivity index is 1.38. The number of aromatic amines is 1. The first-order valence-corrected chi connectivity index (χ1v) is 11.3. The molecule has 2 saturated carbocycles. The van der Waals surface area contributed by atoms with E-state index in [1.54, 1.807) is 29.0 Å². The van der Waals surface area contributed by atoms with Crippen molar-refractivity contribution in [1.29, 1.82) is 0 Å². The number of anilines is 2. The number of hydrogen-bond acceptors (Lipinski definition) is 4. The number of carbonyl (C=O) groups excluding carboxylic acids is 1. The number of benzene rings is 1. The summed E-state index contributed by atoms with van der Waals surface area (Å²) < 4.78 is 30.2. The monoisotopic (exact) mass is 470 g/mol. The summed E-state index contributed by atoms with van der Waals surface area (Å²) in [4.78, 5) is 12.0. The van der Waals surface area contributed by atoms with Gasteiger partial charge in [-0.2, -0.15) is 10.2 Å². The van der Waals surface area contributed by atoms with Gasteiger partial charge in [-0.25, -0.2) is 13.3 Å². The van der Waals surface area contributed by atoms with Gasteiger partial charge in [0.1, 0.15) is 6.17 Å². The second-order valence-corrected chi connectivity index (χ2v) is 9.35. The highest BCUT2D eigenvalue weighted by atomic mass is 35.5. The first-order chi connectivity index (χ1) is 15.9. The third-order valence-electron chi connectivity index (χ3n) is 6.54. The van der Waals surface area contributed by atoms with Gasteiger partial charge < -0.3 is 10.6 Å². The van der Waals surface area contributed by atoms with Crippen LogP contribution in [0.3, 0.4) is 0 Å². The molecule has 33 heavy (non-hydrogen) atoms. The number of nitrogens with zero attached hydrogens (tertiary/aromatic N) is 3. The van der Waals surface area contributed by atoms with Crippen molar-refractivity contribution in [3.05, 3.63) is 41.4 Å². The minimum absolute atomic E-state index is 0.00881. The van der Waals surface area contributed by atoms with Gasteiger partial charge in [0.15, 0.2) is 11.6 Å². The summed E-state index contributed by atoms with van der Waals surface area (Å²) in [6.07, 6.45) is 4.79. The first-order valence-electron chi connectivity index (χ1n) is 11.0. The van der Waals surface area contributed by atoms with E-state index in [1.807, 2.05) is 13.0 Å². The number of pyridine rings is 1. The Bertz CT molecular complexity index is 1410. The van der Waals surface area contributed by atoms with E-state index in [-0.39, 0.29) is 23.4 Å². The molecule has 7 nitrogen and oxygen atoms in total. The zero-order valence-corrected chi connectivity index (χ0v) is 18.5. The van der Waals surface area contributed by atoms with Crippen LogP contribution >= 0.6 is 11.6 Å². The smallest absolute Gasteiger partial charge is 0.231 e. The number of nitrogens with one attached hydrogen (secondary N) is 3. The van der Waals surface area contributed by atoms with E-state index in [1.165, 1.54) is 0 Å². The van der Waals surface area contributed by atoms with Gasteiger partial charge >= 0.3 is 0 Å². The number of aromatic nitrogens is 4. The summed E-state index contributed by atoms with van der Waals surface area (Å²) in [7, 11) is 0. The van der Waals surface area contributed by atoms with Crippen molar-refractivity contribution in [2.45, 2.75) is 38.4 Å². The van der Waals surface area contributed by atoms with Crippen LogP contribution < -0.4 is 10.6 Å². The second kappa shape index (κ2) is 7.41. The highest BCUT2D eigenvalue weighted by Crippen LogP contribution is 2.43. The number of fused-ring (bicyclic) bond motifs is 2. The fourth-order valence-corrected chi connectivity index (χ4v) is 4.64. The molecule has 2 aliphatic rings. The maximum atomic E-state index is 15.4. The molecule has 3 aromatic heterocycles. The lowest BCUT2D eigenvalue weighted by atomic mass is 10.0. The number of carbonyl (C=O) groups is 1. The van der Waals surface area contributed by atoms with Gasteiger partial charge in [-0.3, -0.25) is 9.89 Å². The Kier molecular flexibility index (Phi) is 4.58. The summed E-state index contributed by atoms with van der Waals surface area (Å²) >= 11 is 6.56. The lowest BCUT2D eigenvalue weighted by Crippen LogP contribution is -2.18. The predicted octanol–water partition coefficient (Wildman–Crippen LogP) is 5.18. The van der Waals surface area contributed by atoms with Gasteiger partial charge in [-0.15, -0.1) is 0 Å². The topological polar surface area (TPSA) is 87.1 Å². The van der Waals surface area contributed by atoms with Crippen LogP contribution in [0.15, 0.2) is 30.6 Å². The van der Waals surface area contributed by atoms with Crippen molar-refractivity contribution in [2.24, 2.45) is 11.8 Å². The van der Waals surface area contributed by atoms with Gasteiger partial charge in [0.2, 0.25) is 5.91 Å². The van der Waals surface area contributed by atoms with Crippen molar-refractivity contribution in [2.75, 3.05) is 10.6 Å². The molecule has 4 aromatic rings. The molecule has 0 radical (unpaired) electrons. The van der Waals surface area contributed by atoms with Crippen LogP contribution in [-0.4, -0.2) is 37.9 Å². The predicted molar refractivity (Wildman–Crippen MR) is 123 cm³/mol.